The normalized spacial score (nSPS) is 19.1. The van der Waals surface area contributed by atoms with Gasteiger partial charge >= 0.3 is 0 Å². The SMILES string of the molecule is CN1C(=O)c2ccccc2C(C(=O)Nc2ncn[nH]2)C1c1ccccc1. The zero-order valence-electron chi connectivity index (χ0n) is 14.1. The van der Waals surface area contributed by atoms with Crippen LogP contribution < -0.4 is 5.32 Å². The first-order valence-electron chi connectivity index (χ1n) is 8.24. The molecule has 1 aromatic heterocycles. The third kappa shape index (κ3) is 2.63. The molecule has 2 N–H and O–H groups in total. The van der Waals surface area contributed by atoms with Gasteiger partial charge in [-0.15, -0.1) is 0 Å². The first kappa shape index (κ1) is 16.0. The zero-order chi connectivity index (χ0) is 18.1. The highest BCUT2D eigenvalue weighted by atomic mass is 16.2. The highest BCUT2D eigenvalue weighted by Gasteiger charge is 2.42. The van der Waals surface area contributed by atoms with Crippen LogP contribution in [-0.4, -0.2) is 38.9 Å². The number of nitrogens with one attached hydrogen (secondary N) is 2. The number of carbonyl (C=O) groups is 2. The van der Waals surface area contributed by atoms with E-state index in [1.807, 2.05) is 42.5 Å². The van der Waals surface area contributed by atoms with Crippen LogP contribution in [-0.2, 0) is 4.79 Å². The average molecular weight is 347 g/mol. The fourth-order valence-corrected chi connectivity index (χ4v) is 3.48. The Bertz CT molecular complexity index is 940. The van der Waals surface area contributed by atoms with Gasteiger partial charge in [-0.05, 0) is 17.2 Å². The van der Waals surface area contributed by atoms with Crippen LogP contribution in [0.2, 0.25) is 0 Å². The predicted molar refractivity (Wildman–Crippen MR) is 95.5 cm³/mol. The maximum atomic E-state index is 13.1. The Kier molecular flexibility index (Phi) is 3.96. The number of rotatable bonds is 3. The third-order valence-corrected chi connectivity index (χ3v) is 4.66. The van der Waals surface area contributed by atoms with E-state index < -0.39 is 12.0 Å². The Morgan fingerprint density at radius 1 is 1.12 bits per heavy atom. The largest absolute Gasteiger partial charge is 0.334 e. The topological polar surface area (TPSA) is 91.0 Å². The summed E-state index contributed by atoms with van der Waals surface area (Å²) in [6.07, 6.45) is 1.33. The zero-order valence-corrected chi connectivity index (χ0v) is 14.1. The fourth-order valence-electron chi connectivity index (χ4n) is 3.48. The van der Waals surface area contributed by atoms with Crippen LogP contribution in [0.5, 0.6) is 0 Å². The van der Waals surface area contributed by atoms with Crippen LogP contribution in [0.15, 0.2) is 60.9 Å². The second-order valence-corrected chi connectivity index (χ2v) is 6.16. The molecule has 4 rings (SSSR count). The van der Waals surface area contributed by atoms with Crippen molar-refractivity contribution in [3.8, 4) is 0 Å². The molecule has 26 heavy (non-hydrogen) atoms. The smallest absolute Gasteiger partial charge is 0.254 e. The molecule has 0 aliphatic carbocycles. The summed E-state index contributed by atoms with van der Waals surface area (Å²) >= 11 is 0. The molecule has 7 nitrogen and oxygen atoms in total. The minimum absolute atomic E-state index is 0.0989. The van der Waals surface area contributed by atoms with Gasteiger partial charge in [-0.25, -0.2) is 5.10 Å². The van der Waals surface area contributed by atoms with Crippen molar-refractivity contribution in [2.45, 2.75) is 12.0 Å². The van der Waals surface area contributed by atoms with Gasteiger partial charge in [0.25, 0.3) is 5.91 Å². The summed E-state index contributed by atoms with van der Waals surface area (Å²) in [5.74, 6) is -0.638. The molecule has 0 saturated heterocycles. The molecule has 0 fully saturated rings. The average Bonchev–Trinajstić information content (AvgIpc) is 3.18. The molecular weight excluding hydrogens is 330 g/mol. The number of likely N-dealkylation sites (N-methyl/N-ethyl adjacent to an activating group) is 1. The first-order chi connectivity index (χ1) is 12.7. The van der Waals surface area contributed by atoms with Gasteiger partial charge in [-0.2, -0.15) is 10.1 Å². The van der Waals surface area contributed by atoms with E-state index in [1.54, 1.807) is 24.1 Å². The lowest BCUT2D eigenvalue weighted by Gasteiger charge is -2.39. The molecule has 0 radical (unpaired) electrons. The second-order valence-electron chi connectivity index (χ2n) is 6.16. The number of nitrogens with zero attached hydrogens (tertiary/aromatic N) is 3. The number of amides is 2. The Morgan fingerprint density at radius 3 is 2.58 bits per heavy atom. The van der Waals surface area contributed by atoms with Crippen molar-refractivity contribution in [1.82, 2.24) is 20.1 Å². The van der Waals surface area contributed by atoms with Gasteiger partial charge in [-0.3, -0.25) is 14.9 Å². The maximum absolute atomic E-state index is 13.1. The molecule has 2 unspecified atom stereocenters. The maximum Gasteiger partial charge on any atom is 0.254 e. The standard InChI is InChI=1S/C19H17N5O2/c1-24-16(12-7-3-2-4-8-12)15(17(25)22-19-20-11-21-23-19)13-9-5-6-10-14(13)18(24)26/h2-11,15-16H,1H3,(H2,20,21,22,23,25). The van der Waals surface area contributed by atoms with Crippen molar-refractivity contribution < 1.29 is 9.59 Å². The summed E-state index contributed by atoms with van der Waals surface area (Å²) in [5, 5.41) is 9.15. The van der Waals surface area contributed by atoms with E-state index in [0.717, 1.165) is 5.56 Å². The number of carbonyl (C=O) groups excluding carboxylic acids is 2. The molecule has 2 amide bonds. The monoisotopic (exact) mass is 347 g/mol. The predicted octanol–water partition coefficient (Wildman–Crippen LogP) is 2.35. The van der Waals surface area contributed by atoms with Gasteiger partial charge in [0.2, 0.25) is 11.9 Å². The third-order valence-electron chi connectivity index (χ3n) is 4.66. The van der Waals surface area contributed by atoms with Crippen molar-refractivity contribution in [3.63, 3.8) is 0 Å². The van der Waals surface area contributed by atoms with Gasteiger partial charge < -0.3 is 4.90 Å². The highest BCUT2D eigenvalue weighted by molar-refractivity contribution is 6.03. The Morgan fingerprint density at radius 2 is 1.85 bits per heavy atom. The van der Waals surface area contributed by atoms with Gasteiger partial charge in [-0.1, -0.05) is 48.5 Å². The van der Waals surface area contributed by atoms with Gasteiger partial charge in [0.1, 0.15) is 6.33 Å². The minimum Gasteiger partial charge on any atom is -0.334 e. The van der Waals surface area contributed by atoms with Crippen LogP contribution in [0.1, 0.15) is 33.4 Å². The number of benzene rings is 2. The van der Waals surface area contributed by atoms with Crippen molar-refractivity contribution in [3.05, 3.63) is 77.6 Å². The van der Waals surface area contributed by atoms with Crippen molar-refractivity contribution >= 4 is 17.8 Å². The molecule has 0 bridgehead atoms. The quantitative estimate of drug-likeness (QED) is 0.761. The van der Waals surface area contributed by atoms with Gasteiger partial charge in [0.05, 0.1) is 12.0 Å². The van der Waals surface area contributed by atoms with Crippen LogP contribution in [0, 0.1) is 0 Å². The lowest BCUT2D eigenvalue weighted by atomic mass is 9.79. The first-order valence-corrected chi connectivity index (χ1v) is 8.24. The van der Waals surface area contributed by atoms with E-state index in [0.29, 0.717) is 11.1 Å². The number of aromatic nitrogens is 3. The van der Waals surface area contributed by atoms with Crippen LogP contribution in [0.3, 0.4) is 0 Å². The number of hydrogen-bond donors (Lipinski definition) is 2. The summed E-state index contributed by atoms with van der Waals surface area (Å²) in [4.78, 5) is 31.6. The van der Waals surface area contributed by atoms with Crippen molar-refractivity contribution in [2.24, 2.45) is 0 Å². The van der Waals surface area contributed by atoms with Crippen molar-refractivity contribution in [2.75, 3.05) is 12.4 Å². The van der Waals surface area contributed by atoms with Crippen molar-refractivity contribution in [1.29, 1.82) is 0 Å². The Balaban J connectivity index is 1.83. The van der Waals surface area contributed by atoms with E-state index in [2.05, 4.69) is 20.5 Å². The van der Waals surface area contributed by atoms with Crippen LogP contribution in [0.25, 0.3) is 0 Å². The summed E-state index contributed by atoms with van der Waals surface area (Å²) in [5.41, 5.74) is 2.15. The molecule has 7 heteroatoms. The molecule has 130 valence electrons. The molecule has 1 aliphatic rings. The van der Waals surface area contributed by atoms with E-state index in [1.165, 1.54) is 6.33 Å². The Labute approximate surface area is 150 Å². The number of anilines is 1. The van der Waals surface area contributed by atoms with Crippen LogP contribution >= 0.6 is 0 Å². The van der Waals surface area contributed by atoms with E-state index in [9.17, 15) is 9.59 Å². The molecule has 2 atom stereocenters. The highest BCUT2D eigenvalue weighted by Crippen LogP contribution is 2.42. The van der Waals surface area contributed by atoms with Gasteiger partial charge in [0, 0.05) is 12.6 Å². The molecule has 1 aliphatic heterocycles. The second kappa shape index (κ2) is 6.44. The number of fused-ring (bicyclic) bond motifs is 1. The molecule has 2 aromatic carbocycles. The molecule has 3 aromatic rings. The summed E-state index contributed by atoms with van der Waals surface area (Å²) in [6.45, 7) is 0. The van der Waals surface area contributed by atoms with Gasteiger partial charge in [0.15, 0.2) is 0 Å². The molecule has 0 spiro atoms. The minimum atomic E-state index is -0.568. The lowest BCUT2D eigenvalue weighted by Crippen LogP contribution is -2.44. The molecule has 0 saturated carbocycles. The van der Waals surface area contributed by atoms with E-state index in [4.69, 9.17) is 0 Å². The summed E-state index contributed by atoms with van der Waals surface area (Å²) in [7, 11) is 1.73. The number of H-pyrrole nitrogens is 1. The molecule has 2 heterocycles. The number of hydrogen-bond acceptors (Lipinski definition) is 4. The van der Waals surface area contributed by atoms with E-state index in [-0.39, 0.29) is 17.8 Å². The molecular formula is C19H17N5O2. The van der Waals surface area contributed by atoms with Crippen LogP contribution in [0.4, 0.5) is 5.95 Å². The number of aromatic amines is 1. The summed E-state index contributed by atoms with van der Waals surface area (Å²) < 4.78 is 0. The van der Waals surface area contributed by atoms with E-state index >= 15 is 0 Å². The lowest BCUT2D eigenvalue weighted by molar-refractivity contribution is -0.119. The summed E-state index contributed by atoms with van der Waals surface area (Å²) in [6, 6.07) is 16.4. The fraction of sp³-hybridized carbons (Fsp3) is 0.158. The Hall–Kier alpha value is -3.48.